The fourth-order valence-electron chi connectivity index (χ4n) is 2.06. The van der Waals surface area contributed by atoms with Crippen molar-refractivity contribution in [1.29, 1.82) is 0 Å². The van der Waals surface area contributed by atoms with Crippen LogP contribution in [0, 0.1) is 0 Å². The van der Waals surface area contributed by atoms with E-state index in [0.717, 1.165) is 0 Å². The lowest BCUT2D eigenvalue weighted by Crippen LogP contribution is -2.63. The number of halogens is 1. The molecule has 0 aliphatic carbocycles. The first-order valence-corrected chi connectivity index (χ1v) is 10.1. The van der Waals surface area contributed by atoms with E-state index in [0.29, 0.717) is 38.6 Å². The van der Waals surface area contributed by atoms with Crippen molar-refractivity contribution in [2.75, 3.05) is 39.0 Å². The number of aliphatic imine (C=N–C) groups is 1. The SMILES string of the molecule is CCS(=O)(=O)NCCCNC(=NC)NC1CN(C(=O)OC(C)(C)C)C1.I. The average molecular weight is 505 g/mol. The number of carbonyl (C=O) groups excluding carboxylic acids is 1. The molecule has 0 aromatic rings. The van der Waals surface area contributed by atoms with Gasteiger partial charge in [0.25, 0.3) is 0 Å². The zero-order valence-electron chi connectivity index (χ0n) is 16.2. The number of guanidine groups is 1. The maximum atomic E-state index is 11.9. The van der Waals surface area contributed by atoms with Gasteiger partial charge in [0.2, 0.25) is 10.0 Å². The van der Waals surface area contributed by atoms with E-state index in [9.17, 15) is 13.2 Å². The topological polar surface area (TPSA) is 112 Å². The quantitative estimate of drug-likeness (QED) is 0.204. The Kier molecular flexibility index (Phi) is 10.8. The molecule has 1 amide bonds. The van der Waals surface area contributed by atoms with Gasteiger partial charge in [-0.25, -0.2) is 17.9 Å². The highest BCUT2D eigenvalue weighted by molar-refractivity contribution is 14.0. The maximum Gasteiger partial charge on any atom is 0.410 e. The highest BCUT2D eigenvalue weighted by Crippen LogP contribution is 2.15. The van der Waals surface area contributed by atoms with Crippen molar-refractivity contribution in [3.63, 3.8) is 0 Å². The number of carbonyl (C=O) groups is 1. The maximum absolute atomic E-state index is 11.9. The molecular formula is C15H32IN5O4S. The van der Waals surface area contributed by atoms with Crippen molar-refractivity contribution >= 4 is 46.1 Å². The second-order valence-corrected chi connectivity index (χ2v) is 8.97. The standard InChI is InChI=1S/C15H31N5O4S.HI/c1-6-25(22,23)18-9-7-8-17-13(16-5)19-12-10-20(11-12)14(21)24-15(2,3)4;/h12,18H,6-11H2,1-5H3,(H2,16,17,19);1H. The molecule has 0 atom stereocenters. The molecule has 1 saturated heterocycles. The van der Waals surface area contributed by atoms with E-state index in [1.807, 2.05) is 20.8 Å². The van der Waals surface area contributed by atoms with Crippen molar-refractivity contribution in [2.24, 2.45) is 4.99 Å². The molecule has 11 heteroatoms. The second kappa shape index (κ2) is 11.1. The van der Waals surface area contributed by atoms with E-state index in [2.05, 4.69) is 20.3 Å². The Morgan fingerprint density at radius 3 is 2.38 bits per heavy atom. The molecule has 0 aromatic carbocycles. The molecule has 1 fully saturated rings. The summed E-state index contributed by atoms with van der Waals surface area (Å²) in [4.78, 5) is 17.6. The molecule has 1 rings (SSSR count). The Morgan fingerprint density at radius 1 is 1.27 bits per heavy atom. The zero-order valence-corrected chi connectivity index (χ0v) is 19.3. The Hall–Kier alpha value is -0.820. The van der Waals surface area contributed by atoms with Gasteiger partial charge in [-0.15, -0.1) is 24.0 Å². The molecule has 154 valence electrons. The molecule has 0 aromatic heterocycles. The van der Waals surface area contributed by atoms with Gasteiger partial charge in [-0.1, -0.05) is 0 Å². The molecule has 9 nitrogen and oxygen atoms in total. The van der Waals surface area contributed by atoms with E-state index in [4.69, 9.17) is 4.74 Å². The van der Waals surface area contributed by atoms with Crippen molar-refractivity contribution in [1.82, 2.24) is 20.3 Å². The van der Waals surface area contributed by atoms with Gasteiger partial charge in [-0.05, 0) is 34.1 Å². The van der Waals surface area contributed by atoms with Crippen molar-refractivity contribution < 1.29 is 17.9 Å². The van der Waals surface area contributed by atoms with Crippen LogP contribution in [-0.2, 0) is 14.8 Å². The number of ether oxygens (including phenoxy) is 1. The van der Waals surface area contributed by atoms with Gasteiger partial charge in [-0.2, -0.15) is 0 Å². The van der Waals surface area contributed by atoms with E-state index >= 15 is 0 Å². The van der Waals surface area contributed by atoms with E-state index in [-0.39, 0.29) is 41.9 Å². The smallest absolute Gasteiger partial charge is 0.410 e. The molecule has 0 spiro atoms. The van der Waals surface area contributed by atoms with Gasteiger partial charge in [0, 0.05) is 33.2 Å². The normalized spacial score (nSPS) is 15.7. The molecule has 26 heavy (non-hydrogen) atoms. The number of rotatable bonds is 7. The minimum Gasteiger partial charge on any atom is -0.444 e. The molecule has 0 unspecified atom stereocenters. The lowest BCUT2D eigenvalue weighted by atomic mass is 10.1. The van der Waals surface area contributed by atoms with Crippen LogP contribution in [0.5, 0.6) is 0 Å². The number of likely N-dealkylation sites (tertiary alicyclic amines) is 1. The number of amides is 1. The molecular weight excluding hydrogens is 473 g/mol. The first kappa shape index (κ1) is 25.2. The third-order valence-electron chi connectivity index (χ3n) is 3.45. The Morgan fingerprint density at radius 2 is 1.88 bits per heavy atom. The van der Waals surface area contributed by atoms with Crippen molar-refractivity contribution in [3.8, 4) is 0 Å². The summed E-state index contributed by atoms with van der Waals surface area (Å²) in [6.45, 7) is 9.22. The Balaban J connectivity index is 0.00000625. The number of nitrogens with one attached hydrogen (secondary N) is 3. The summed E-state index contributed by atoms with van der Waals surface area (Å²) in [5, 5.41) is 6.34. The van der Waals surface area contributed by atoms with E-state index in [1.165, 1.54) is 0 Å². The summed E-state index contributed by atoms with van der Waals surface area (Å²) in [6.07, 6.45) is 0.339. The minimum atomic E-state index is -3.14. The predicted molar refractivity (Wildman–Crippen MR) is 114 cm³/mol. The lowest BCUT2D eigenvalue weighted by molar-refractivity contribution is 0.00701. The van der Waals surface area contributed by atoms with Gasteiger partial charge in [-0.3, -0.25) is 4.99 Å². The van der Waals surface area contributed by atoms with Gasteiger partial charge in [0.05, 0.1) is 11.8 Å². The van der Waals surface area contributed by atoms with Crippen LogP contribution >= 0.6 is 24.0 Å². The average Bonchev–Trinajstić information content (AvgIpc) is 2.45. The Labute approximate surface area is 173 Å². The summed E-state index contributed by atoms with van der Waals surface area (Å²) in [5.74, 6) is 0.714. The summed E-state index contributed by atoms with van der Waals surface area (Å²) < 4.78 is 30.4. The van der Waals surface area contributed by atoms with E-state index in [1.54, 1.807) is 18.9 Å². The number of hydrogen-bond donors (Lipinski definition) is 3. The van der Waals surface area contributed by atoms with Gasteiger partial charge < -0.3 is 20.3 Å². The molecule has 1 aliphatic heterocycles. The first-order chi connectivity index (χ1) is 11.6. The minimum absolute atomic E-state index is 0. The van der Waals surface area contributed by atoms with Gasteiger partial charge in [0.15, 0.2) is 5.96 Å². The third-order valence-corrected chi connectivity index (χ3v) is 4.85. The number of nitrogens with zero attached hydrogens (tertiary/aromatic N) is 2. The van der Waals surface area contributed by atoms with Crippen molar-refractivity contribution in [2.45, 2.75) is 45.8 Å². The van der Waals surface area contributed by atoms with Crippen LogP contribution in [0.3, 0.4) is 0 Å². The van der Waals surface area contributed by atoms with Crippen molar-refractivity contribution in [3.05, 3.63) is 0 Å². The second-order valence-electron chi connectivity index (χ2n) is 6.88. The largest absolute Gasteiger partial charge is 0.444 e. The molecule has 0 radical (unpaired) electrons. The molecule has 1 aliphatic rings. The van der Waals surface area contributed by atoms with Crippen LogP contribution < -0.4 is 15.4 Å². The van der Waals surface area contributed by atoms with Crippen LogP contribution in [0.1, 0.15) is 34.1 Å². The monoisotopic (exact) mass is 505 g/mol. The lowest BCUT2D eigenvalue weighted by Gasteiger charge is -2.40. The van der Waals surface area contributed by atoms with Gasteiger partial charge in [0.1, 0.15) is 5.60 Å². The van der Waals surface area contributed by atoms with Crippen LogP contribution in [0.4, 0.5) is 4.79 Å². The summed E-state index contributed by atoms with van der Waals surface area (Å²) in [6, 6.07) is 0.123. The fraction of sp³-hybridized carbons (Fsp3) is 0.867. The van der Waals surface area contributed by atoms with Crippen LogP contribution in [0.15, 0.2) is 4.99 Å². The van der Waals surface area contributed by atoms with Crippen LogP contribution in [0.25, 0.3) is 0 Å². The van der Waals surface area contributed by atoms with Crippen LogP contribution in [-0.4, -0.2) is 76.0 Å². The Bertz CT molecular complexity index is 571. The molecule has 1 heterocycles. The first-order valence-electron chi connectivity index (χ1n) is 8.48. The number of sulfonamides is 1. The summed E-state index contributed by atoms with van der Waals surface area (Å²) in [7, 11) is -1.47. The predicted octanol–water partition coefficient (Wildman–Crippen LogP) is 0.718. The molecule has 0 bridgehead atoms. The zero-order chi connectivity index (χ0) is 19.1. The van der Waals surface area contributed by atoms with E-state index < -0.39 is 15.6 Å². The number of hydrogen-bond acceptors (Lipinski definition) is 5. The van der Waals surface area contributed by atoms with Crippen LogP contribution in [0.2, 0.25) is 0 Å². The summed E-state index contributed by atoms with van der Waals surface area (Å²) in [5.41, 5.74) is -0.494. The third kappa shape index (κ3) is 9.76. The highest BCUT2D eigenvalue weighted by atomic mass is 127. The molecule has 0 saturated carbocycles. The van der Waals surface area contributed by atoms with Gasteiger partial charge >= 0.3 is 6.09 Å². The highest BCUT2D eigenvalue weighted by Gasteiger charge is 2.34. The summed E-state index contributed by atoms with van der Waals surface area (Å²) >= 11 is 0. The molecule has 3 N–H and O–H groups in total. The fourth-order valence-corrected chi connectivity index (χ4v) is 2.72.